The summed E-state index contributed by atoms with van der Waals surface area (Å²) in [5.74, 6) is 1.43. The third-order valence-corrected chi connectivity index (χ3v) is 2.97. The standard InChI is InChI=1S/C15H19N3O2/c1-4-17-13-9-16-8-7-12(13)15(19)18-11(3)14-6-5-10(2)20-14/h5-9,11,17H,4H2,1-3H3,(H,18,19). The van der Waals surface area contributed by atoms with Crippen LogP contribution in [0.2, 0.25) is 0 Å². The molecule has 1 unspecified atom stereocenters. The van der Waals surface area contributed by atoms with Gasteiger partial charge in [0, 0.05) is 12.7 Å². The molecule has 0 aliphatic carbocycles. The highest BCUT2D eigenvalue weighted by Crippen LogP contribution is 2.18. The van der Waals surface area contributed by atoms with Crippen LogP contribution in [-0.4, -0.2) is 17.4 Å². The Hall–Kier alpha value is -2.30. The number of hydrogen-bond donors (Lipinski definition) is 2. The fourth-order valence-corrected chi connectivity index (χ4v) is 1.96. The van der Waals surface area contributed by atoms with Crippen molar-refractivity contribution in [3.05, 3.63) is 47.7 Å². The average Bonchev–Trinajstić information content (AvgIpc) is 2.86. The number of pyridine rings is 1. The van der Waals surface area contributed by atoms with Gasteiger partial charge in [0.15, 0.2) is 0 Å². The molecule has 0 saturated carbocycles. The first-order valence-corrected chi connectivity index (χ1v) is 6.67. The number of rotatable bonds is 5. The molecule has 5 nitrogen and oxygen atoms in total. The minimum atomic E-state index is -0.182. The van der Waals surface area contributed by atoms with Crippen LogP contribution < -0.4 is 10.6 Å². The van der Waals surface area contributed by atoms with Gasteiger partial charge in [0.25, 0.3) is 5.91 Å². The van der Waals surface area contributed by atoms with Crippen molar-refractivity contribution in [2.75, 3.05) is 11.9 Å². The van der Waals surface area contributed by atoms with Crippen molar-refractivity contribution in [2.24, 2.45) is 0 Å². The second-order valence-corrected chi connectivity index (χ2v) is 4.60. The number of carbonyl (C=O) groups excluding carboxylic acids is 1. The van der Waals surface area contributed by atoms with Crippen LogP contribution in [-0.2, 0) is 0 Å². The Balaban J connectivity index is 2.12. The van der Waals surface area contributed by atoms with E-state index in [2.05, 4.69) is 15.6 Å². The molecule has 2 N–H and O–H groups in total. The van der Waals surface area contributed by atoms with Crippen LogP contribution in [0.4, 0.5) is 5.69 Å². The SMILES string of the molecule is CCNc1cnccc1C(=O)NC(C)c1ccc(C)o1. The lowest BCUT2D eigenvalue weighted by atomic mass is 10.2. The molecule has 1 atom stereocenters. The van der Waals surface area contributed by atoms with Crippen LogP contribution in [0.3, 0.4) is 0 Å². The van der Waals surface area contributed by atoms with E-state index in [1.165, 1.54) is 0 Å². The highest BCUT2D eigenvalue weighted by atomic mass is 16.3. The van der Waals surface area contributed by atoms with Crippen LogP contribution in [0.25, 0.3) is 0 Å². The number of aromatic nitrogens is 1. The zero-order valence-electron chi connectivity index (χ0n) is 11.9. The van der Waals surface area contributed by atoms with Gasteiger partial charge in [0.05, 0.1) is 23.5 Å². The molecule has 0 aliphatic rings. The number of nitrogens with zero attached hydrogens (tertiary/aromatic N) is 1. The van der Waals surface area contributed by atoms with Crippen LogP contribution in [0.5, 0.6) is 0 Å². The zero-order valence-corrected chi connectivity index (χ0v) is 11.9. The largest absolute Gasteiger partial charge is 0.464 e. The Labute approximate surface area is 118 Å². The number of nitrogens with one attached hydrogen (secondary N) is 2. The Kier molecular flexibility index (Phi) is 4.40. The maximum absolute atomic E-state index is 12.3. The lowest BCUT2D eigenvalue weighted by Crippen LogP contribution is -2.27. The molecule has 0 spiro atoms. The first-order valence-electron chi connectivity index (χ1n) is 6.67. The highest BCUT2D eigenvalue weighted by Gasteiger charge is 2.16. The fraction of sp³-hybridized carbons (Fsp3) is 0.333. The van der Waals surface area contributed by atoms with Gasteiger partial charge in [-0.25, -0.2) is 0 Å². The molecule has 2 heterocycles. The van der Waals surface area contributed by atoms with Crippen LogP contribution in [0.1, 0.15) is 41.8 Å². The molecular weight excluding hydrogens is 254 g/mol. The van der Waals surface area contributed by atoms with Gasteiger partial charge >= 0.3 is 0 Å². The van der Waals surface area contributed by atoms with Crippen molar-refractivity contribution in [3.8, 4) is 0 Å². The van der Waals surface area contributed by atoms with Crippen LogP contribution in [0, 0.1) is 6.92 Å². The maximum Gasteiger partial charge on any atom is 0.254 e. The molecule has 0 saturated heterocycles. The second kappa shape index (κ2) is 6.23. The summed E-state index contributed by atoms with van der Waals surface area (Å²) in [7, 11) is 0. The molecule has 2 rings (SSSR count). The second-order valence-electron chi connectivity index (χ2n) is 4.60. The molecular formula is C15H19N3O2. The lowest BCUT2D eigenvalue weighted by Gasteiger charge is -2.14. The summed E-state index contributed by atoms with van der Waals surface area (Å²) >= 11 is 0. The summed E-state index contributed by atoms with van der Waals surface area (Å²) in [4.78, 5) is 16.3. The summed E-state index contributed by atoms with van der Waals surface area (Å²) in [5.41, 5.74) is 1.31. The van der Waals surface area contributed by atoms with E-state index in [-0.39, 0.29) is 11.9 Å². The monoisotopic (exact) mass is 273 g/mol. The Morgan fingerprint density at radius 2 is 2.20 bits per heavy atom. The molecule has 106 valence electrons. The van der Waals surface area contributed by atoms with Crippen molar-refractivity contribution in [1.82, 2.24) is 10.3 Å². The zero-order chi connectivity index (χ0) is 14.5. The Morgan fingerprint density at radius 3 is 2.85 bits per heavy atom. The van der Waals surface area contributed by atoms with E-state index < -0.39 is 0 Å². The minimum absolute atomic E-state index is 0.148. The summed E-state index contributed by atoms with van der Waals surface area (Å²) in [6.07, 6.45) is 3.26. The summed E-state index contributed by atoms with van der Waals surface area (Å²) in [5, 5.41) is 6.05. The average molecular weight is 273 g/mol. The van der Waals surface area contributed by atoms with Crippen LogP contribution >= 0.6 is 0 Å². The fourth-order valence-electron chi connectivity index (χ4n) is 1.96. The summed E-state index contributed by atoms with van der Waals surface area (Å²) < 4.78 is 5.52. The molecule has 0 fully saturated rings. The van der Waals surface area contributed by atoms with Crippen molar-refractivity contribution in [1.29, 1.82) is 0 Å². The molecule has 20 heavy (non-hydrogen) atoms. The lowest BCUT2D eigenvalue weighted by molar-refractivity contribution is 0.0936. The third kappa shape index (κ3) is 3.17. The number of aryl methyl sites for hydroxylation is 1. The quantitative estimate of drug-likeness (QED) is 0.879. The predicted octanol–water partition coefficient (Wildman–Crippen LogP) is 2.91. The van der Waals surface area contributed by atoms with Gasteiger partial charge in [0.1, 0.15) is 11.5 Å². The first-order chi connectivity index (χ1) is 9.61. The van der Waals surface area contributed by atoms with Crippen molar-refractivity contribution >= 4 is 11.6 Å². The number of amides is 1. The topological polar surface area (TPSA) is 67.2 Å². The van der Waals surface area contributed by atoms with E-state index in [9.17, 15) is 4.79 Å². The number of furan rings is 1. The molecule has 2 aromatic rings. The molecule has 0 bridgehead atoms. The van der Waals surface area contributed by atoms with Crippen LogP contribution in [0.15, 0.2) is 35.0 Å². The van der Waals surface area contributed by atoms with Crippen molar-refractivity contribution in [2.45, 2.75) is 26.8 Å². The minimum Gasteiger partial charge on any atom is -0.464 e. The van der Waals surface area contributed by atoms with E-state index >= 15 is 0 Å². The smallest absolute Gasteiger partial charge is 0.254 e. The molecule has 0 radical (unpaired) electrons. The van der Waals surface area contributed by atoms with Gasteiger partial charge in [-0.3, -0.25) is 9.78 Å². The number of hydrogen-bond acceptors (Lipinski definition) is 4. The predicted molar refractivity (Wildman–Crippen MR) is 77.7 cm³/mol. The molecule has 0 aromatic carbocycles. The van der Waals surface area contributed by atoms with Gasteiger partial charge in [-0.05, 0) is 39.0 Å². The molecule has 1 amide bonds. The Bertz CT molecular complexity index is 592. The van der Waals surface area contributed by atoms with E-state index in [4.69, 9.17) is 4.42 Å². The normalized spacial score (nSPS) is 11.9. The van der Waals surface area contributed by atoms with E-state index in [1.54, 1.807) is 18.5 Å². The summed E-state index contributed by atoms with van der Waals surface area (Å²) in [6.45, 7) is 6.48. The highest BCUT2D eigenvalue weighted by molar-refractivity contribution is 5.99. The van der Waals surface area contributed by atoms with Gasteiger partial charge < -0.3 is 15.1 Å². The van der Waals surface area contributed by atoms with Gasteiger partial charge in [-0.1, -0.05) is 0 Å². The van der Waals surface area contributed by atoms with E-state index in [1.807, 2.05) is 32.9 Å². The van der Waals surface area contributed by atoms with E-state index in [0.717, 1.165) is 23.8 Å². The summed E-state index contributed by atoms with van der Waals surface area (Å²) in [6, 6.07) is 5.28. The van der Waals surface area contributed by atoms with Crippen molar-refractivity contribution < 1.29 is 9.21 Å². The number of anilines is 1. The number of carbonyl (C=O) groups is 1. The third-order valence-electron chi connectivity index (χ3n) is 2.97. The van der Waals surface area contributed by atoms with Gasteiger partial charge in [0.2, 0.25) is 0 Å². The molecule has 2 aromatic heterocycles. The molecule has 5 heteroatoms. The molecule has 0 aliphatic heterocycles. The van der Waals surface area contributed by atoms with Gasteiger partial charge in [-0.2, -0.15) is 0 Å². The first kappa shape index (κ1) is 14.1. The maximum atomic E-state index is 12.3. The van der Waals surface area contributed by atoms with Gasteiger partial charge in [-0.15, -0.1) is 0 Å². The Morgan fingerprint density at radius 1 is 1.40 bits per heavy atom. The van der Waals surface area contributed by atoms with E-state index in [0.29, 0.717) is 5.56 Å². The van der Waals surface area contributed by atoms with Crippen molar-refractivity contribution in [3.63, 3.8) is 0 Å².